The largest absolute Gasteiger partial charge is 0.342 e. The molecule has 0 aliphatic rings. The molecule has 0 aromatic rings. The van der Waals surface area contributed by atoms with Gasteiger partial charge in [0, 0.05) is 35.7 Å². The van der Waals surface area contributed by atoms with E-state index in [1.807, 2.05) is 20.8 Å². The van der Waals surface area contributed by atoms with Crippen molar-refractivity contribution >= 4 is 16.7 Å². The smallest absolute Gasteiger partial charge is 0.235 e. The molecule has 5 heteroatoms. The number of amides is 1. The van der Waals surface area contributed by atoms with Crippen molar-refractivity contribution in [2.45, 2.75) is 40.7 Å². The van der Waals surface area contributed by atoms with E-state index in [0.717, 1.165) is 6.54 Å². The zero-order valence-electron chi connectivity index (χ0n) is 12.4. The summed E-state index contributed by atoms with van der Waals surface area (Å²) in [5.74, 6) is 1.13. The summed E-state index contributed by atoms with van der Waals surface area (Å²) in [6.45, 7) is 12.4. The zero-order chi connectivity index (χ0) is 14.1. The summed E-state index contributed by atoms with van der Waals surface area (Å²) in [7, 11) is -1.08. The molecule has 0 spiro atoms. The van der Waals surface area contributed by atoms with E-state index in [4.69, 9.17) is 0 Å². The molecule has 0 aromatic carbocycles. The van der Waals surface area contributed by atoms with Gasteiger partial charge in [-0.1, -0.05) is 20.8 Å². The van der Waals surface area contributed by atoms with E-state index in [1.54, 1.807) is 4.90 Å². The van der Waals surface area contributed by atoms with Gasteiger partial charge in [0.1, 0.15) is 5.75 Å². The van der Waals surface area contributed by atoms with E-state index in [0.29, 0.717) is 24.8 Å². The molecule has 108 valence electrons. The maximum absolute atomic E-state index is 12.0. The molecular formula is C13H28N2O2S. The van der Waals surface area contributed by atoms with Crippen molar-refractivity contribution in [3.63, 3.8) is 0 Å². The quantitative estimate of drug-likeness (QED) is 0.689. The first-order valence-electron chi connectivity index (χ1n) is 6.82. The third-order valence-corrected chi connectivity index (χ3v) is 4.34. The van der Waals surface area contributed by atoms with Crippen LogP contribution in [0.5, 0.6) is 0 Å². The lowest BCUT2D eigenvalue weighted by molar-refractivity contribution is -0.128. The SMILES string of the molecule is CCNC(CS(=O)CC(=O)N(CC)CC)C(C)C. The number of hydrogen-bond donors (Lipinski definition) is 1. The minimum atomic E-state index is -1.08. The highest BCUT2D eigenvalue weighted by Crippen LogP contribution is 2.04. The van der Waals surface area contributed by atoms with Gasteiger partial charge in [0.05, 0.1) is 0 Å². The summed E-state index contributed by atoms with van der Waals surface area (Å²) < 4.78 is 12.0. The molecule has 0 fully saturated rings. The Kier molecular flexibility index (Phi) is 9.28. The molecule has 18 heavy (non-hydrogen) atoms. The molecular weight excluding hydrogens is 248 g/mol. The number of nitrogens with zero attached hydrogens (tertiary/aromatic N) is 1. The van der Waals surface area contributed by atoms with Gasteiger partial charge in [-0.2, -0.15) is 0 Å². The summed E-state index contributed by atoms with van der Waals surface area (Å²) >= 11 is 0. The van der Waals surface area contributed by atoms with Gasteiger partial charge >= 0.3 is 0 Å². The van der Waals surface area contributed by atoms with Crippen LogP contribution in [0.15, 0.2) is 0 Å². The Labute approximate surface area is 114 Å². The first kappa shape index (κ1) is 17.6. The highest BCUT2D eigenvalue weighted by atomic mass is 32.2. The number of carbonyl (C=O) groups excluding carboxylic acids is 1. The predicted octanol–water partition coefficient (Wildman–Crippen LogP) is 1.24. The summed E-state index contributed by atoms with van der Waals surface area (Å²) in [6, 6.07) is 0.223. The fraction of sp³-hybridized carbons (Fsp3) is 0.923. The Balaban J connectivity index is 4.27. The maximum Gasteiger partial charge on any atom is 0.235 e. The van der Waals surface area contributed by atoms with Crippen molar-refractivity contribution in [2.24, 2.45) is 5.92 Å². The molecule has 0 aliphatic carbocycles. The molecule has 0 heterocycles. The molecule has 0 saturated heterocycles. The topological polar surface area (TPSA) is 49.4 Å². The lowest BCUT2D eigenvalue weighted by Gasteiger charge is -2.22. The number of hydrogen-bond acceptors (Lipinski definition) is 3. The van der Waals surface area contributed by atoms with Gasteiger partial charge in [0.2, 0.25) is 5.91 Å². The van der Waals surface area contributed by atoms with E-state index in [2.05, 4.69) is 19.2 Å². The molecule has 4 nitrogen and oxygen atoms in total. The van der Waals surface area contributed by atoms with Crippen LogP contribution in [0, 0.1) is 5.92 Å². The Bertz CT molecular complexity index is 266. The van der Waals surface area contributed by atoms with Gasteiger partial charge in [-0.25, -0.2) is 0 Å². The highest BCUT2D eigenvalue weighted by Gasteiger charge is 2.19. The van der Waals surface area contributed by atoms with Gasteiger partial charge in [-0.3, -0.25) is 9.00 Å². The molecule has 2 atom stereocenters. The molecule has 0 rings (SSSR count). The van der Waals surface area contributed by atoms with Crippen molar-refractivity contribution in [1.29, 1.82) is 0 Å². The Morgan fingerprint density at radius 3 is 2.17 bits per heavy atom. The van der Waals surface area contributed by atoms with Crippen molar-refractivity contribution < 1.29 is 9.00 Å². The molecule has 0 aliphatic heterocycles. The number of nitrogens with one attached hydrogen (secondary N) is 1. The highest BCUT2D eigenvalue weighted by molar-refractivity contribution is 7.85. The van der Waals surface area contributed by atoms with Crippen LogP contribution >= 0.6 is 0 Å². The fourth-order valence-electron chi connectivity index (χ4n) is 1.81. The molecule has 0 aromatic heterocycles. The summed E-state index contributed by atoms with van der Waals surface area (Å²) in [6.07, 6.45) is 0. The second-order valence-electron chi connectivity index (χ2n) is 4.73. The van der Waals surface area contributed by atoms with Crippen molar-refractivity contribution in [3.8, 4) is 0 Å². The molecule has 0 radical (unpaired) electrons. The van der Waals surface area contributed by atoms with Crippen LogP contribution in [0.1, 0.15) is 34.6 Å². The van der Waals surface area contributed by atoms with Gasteiger partial charge in [-0.15, -0.1) is 0 Å². The average Bonchev–Trinajstić information content (AvgIpc) is 2.29. The monoisotopic (exact) mass is 276 g/mol. The fourth-order valence-corrected chi connectivity index (χ4v) is 3.29. The Morgan fingerprint density at radius 1 is 1.22 bits per heavy atom. The van der Waals surface area contributed by atoms with Gasteiger partial charge in [-0.05, 0) is 26.3 Å². The van der Waals surface area contributed by atoms with Crippen molar-refractivity contribution in [2.75, 3.05) is 31.1 Å². The lowest BCUT2D eigenvalue weighted by atomic mass is 10.1. The maximum atomic E-state index is 12.0. The normalized spacial score (nSPS) is 14.6. The van der Waals surface area contributed by atoms with Crippen LogP contribution in [-0.4, -0.2) is 52.2 Å². The minimum Gasteiger partial charge on any atom is -0.342 e. The standard InChI is InChI=1S/C13H28N2O2S/c1-6-14-12(11(4)5)9-18(17)10-13(16)15(7-2)8-3/h11-12,14H,6-10H2,1-5H3. The molecule has 0 saturated carbocycles. The second-order valence-corrected chi connectivity index (χ2v) is 6.23. The second kappa shape index (κ2) is 9.50. The van der Waals surface area contributed by atoms with Crippen LogP contribution in [0.25, 0.3) is 0 Å². The van der Waals surface area contributed by atoms with Crippen LogP contribution in [0.2, 0.25) is 0 Å². The molecule has 1 N–H and O–H groups in total. The van der Waals surface area contributed by atoms with Crippen LogP contribution in [0.4, 0.5) is 0 Å². The Hall–Kier alpha value is -0.420. The predicted molar refractivity (Wildman–Crippen MR) is 78.1 cm³/mol. The first-order valence-corrected chi connectivity index (χ1v) is 8.31. The molecule has 1 amide bonds. The lowest BCUT2D eigenvalue weighted by Crippen LogP contribution is -2.41. The average molecular weight is 276 g/mol. The Morgan fingerprint density at radius 2 is 1.78 bits per heavy atom. The van der Waals surface area contributed by atoms with Crippen molar-refractivity contribution in [3.05, 3.63) is 0 Å². The van der Waals surface area contributed by atoms with Gasteiger partial charge in [0.15, 0.2) is 0 Å². The third-order valence-electron chi connectivity index (χ3n) is 3.04. The first-order chi connectivity index (χ1) is 8.46. The van der Waals surface area contributed by atoms with E-state index in [9.17, 15) is 9.00 Å². The van der Waals surface area contributed by atoms with E-state index in [-0.39, 0.29) is 17.7 Å². The summed E-state index contributed by atoms with van der Waals surface area (Å²) in [4.78, 5) is 13.6. The summed E-state index contributed by atoms with van der Waals surface area (Å²) in [5, 5.41) is 3.33. The third kappa shape index (κ3) is 6.50. The van der Waals surface area contributed by atoms with Crippen molar-refractivity contribution in [1.82, 2.24) is 10.2 Å². The van der Waals surface area contributed by atoms with Crippen LogP contribution < -0.4 is 5.32 Å². The van der Waals surface area contributed by atoms with Gasteiger partial charge < -0.3 is 10.2 Å². The van der Waals surface area contributed by atoms with Crippen LogP contribution in [-0.2, 0) is 15.6 Å². The zero-order valence-corrected chi connectivity index (χ0v) is 13.2. The van der Waals surface area contributed by atoms with Gasteiger partial charge in [0.25, 0.3) is 0 Å². The van der Waals surface area contributed by atoms with E-state index >= 15 is 0 Å². The summed E-state index contributed by atoms with van der Waals surface area (Å²) in [5.41, 5.74) is 0. The van der Waals surface area contributed by atoms with E-state index in [1.165, 1.54) is 0 Å². The molecule has 2 unspecified atom stereocenters. The number of carbonyl (C=O) groups is 1. The minimum absolute atomic E-state index is 0.00246. The van der Waals surface area contributed by atoms with E-state index < -0.39 is 10.8 Å². The van der Waals surface area contributed by atoms with Crippen LogP contribution in [0.3, 0.4) is 0 Å². The number of rotatable bonds is 9. The molecule has 0 bridgehead atoms.